The maximum atomic E-state index is 12.6. The Hall–Kier alpha value is -3.31. The zero-order chi connectivity index (χ0) is 19.1. The summed E-state index contributed by atoms with van der Waals surface area (Å²) in [4.78, 5) is 32.0. The minimum Gasteiger partial charge on any atom is -0.331 e. The third-order valence-electron chi connectivity index (χ3n) is 3.79. The molecule has 1 amide bonds. The SMILES string of the molecule is [C-]#[N+]CCN(CC)C(=O)c1ccc(-c2ccnc(Nc3cccnc3)n2)s1. The molecule has 0 bridgehead atoms. The molecule has 0 unspecified atom stereocenters. The number of carbonyl (C=O) groups excluding carboxylic acids is 1. The standard InChI is InChI=1S/C19H18N6OS/c1-3-25(12-11-20-2)18(26)17-7-6-16(27-17)15-8-10-22-19(24-15)23-14-5-4-9-21-13-14/h4-10,13H,3,11-12H2,1H3,(H,22,23,24). The van der Waals surface area contributed by atoms with Gasteiger partial charge in [-0.05, 0) is 37.3 Å². The van der Waals surface area contributed by atoms with Gasteiger partial charge in [0.2, 0.25) is 12.5 Å². The molecule has 0 aliphatic carbocycles. The van der Waals surface area contributed by atoms with Crippen LogP contribution in [0.3, 0.4) is 0 Å². The minimum atomic E-state index is -0.0554. The molecule has 3 aromatic heterocycles. The van der Waals surface area contributed by atoms with E-state index in [9.17, 15) is 4.79 Å². The lowest BCUT2D eigenvalue weighted by Crippen LogP contribution is -2.32. The quantitative estimate of drug-likeness (QED) is 0.634. The van der Waals surface area contributed by atoms with Gasteiger partial charge in [0.15, 0.2) is 0 Å². The summed E-state index contributed by atoms with van der Waals surface area (Å²) in [5, 5.41) is 3.11. The number of pyridine rings is 1. The summed E-state index contributed by atoms with van der Waals surface area (Å²) >= 11 is 1.39. The number of anilines is 2. The van der Waals surface area contributed by atoms with Crippen molar-refractivity contribution >= 4 is 28.9 Å². The fourth-order valence-electron chi connectivity index (χ4n) is 2.44. The van der Waals surface area contributed by atoms with Crippen molar-refractivity contribution in [1.82, 2.24) is 19.9 Å². The molecule has 0 aliphatic rings. The highest BCUT2D eigenvalue weighted by molar-refractivity contribution is 7.17. The molecule has 3 rings (SSSR count). The molecule has 0 fully saturated rings. The molecular formula is C19H18N6OS. The predicted molar refractivity (Wildman–Crippen MR) is 106 cm³/mol. The highest BCUT2D eigenvalue weighted by Crippen LogP contribution is 2.28. The van der Waals surface area contributed by atoms with E-state index in [0.29, 0.717) is 30.5 Å². The highest BCUT2D eigenvalue weighted by Gasteiger charge is 2.18. The van der Waals surface area contributed by atoms with Gasteiger partial charge in [-0.2, -0.15) is 0 Å². The first-order valence-corrected chi connectivity index (χ1v) is 9.25. The number of rotatable bonds is 7. The summed E-state index contributed by atoms with van der Waals surface area (Å²) in [5.74, 6) is 0.411. The zero-order valence-electron chi connectivity index (χ0n) is 14.8. The number of thiophene rings is 1. The average Bonchev–Trinajstić information content (AvgIpc) is 3.20. The topological polar surface area (TPSA) is 75.4 Å². The fourth-order valence-corrected chi connectivity index (χ4v) is 3.39. The fraction of sp³-hybridized carbons (Fsp3) is 0.211. The van der Waals surface area contributed by atoms with E-state index < -0.39 is 0 Å². The predicted octanol–water partition coefficient (Wildman–Crippen LogP) is 3.73. The number of amides is 1. The van der Waals surface area contributed by atoms with Crippen molar-refractivity contribution in [2.45, 2.75) is 6.92 Å². The van der Waals surface area contributed by atoms with Gasteiger partial charge in [0, 0.05) is 18.9 Å². The minimum absolute atomic E-state index is 0.0554. The van der Waals surface area contributed by atoms with Crippen molar-refractivity contribution in [3.8, 4) is 10.6 Å². The molecule has 136 valence electrons. The summed E-state index contributed by atoms with van der Waals surface area (Å²) < 4.78 is 0. The summed E-state index contributed by atoms with van der Waals surface area (Å²) in [6.45, 7) is 10.1. The smallest absolute Gasteiger partial charge is 0.264 e. The number of carbonyl (C=O) groups is 1. The third-order valence-corrected chi connectivity index (χ3v) is 4.89. The molecule has 0 atom stereocenters. The monoisotopic (exact) mass is 378 g/mol. The molecule has 8 heteroatoms. The highest BCUT2D eigenvalue weighted by atomic mass is 32.1. The van der Waals surface area contributed by atoms with Crippen LogP contribution in [0.2, 0.25) is 0 Å². The van der Waals surface area contributed by atoms with Gasteiger partial charge in [0.25, 0.3) is 5.91 Å². The van der Waals surface area contributed by atoms with E-state index >= 15 is 0 Å². The summed E-state index contributed by atoms with van der Waals surface area (Å²) in [6, 6.07) is 9.21. The van der Waals surface area contributed by atoms with E-state index in [4.69, 9.17) is 6.57 Å². The molecule has 0 saturated carbocycles. The van der Waals surface area contributed by atoms with Gasteiger partial charge in [-0.1, -0.05) is 0 Å². The summed E-state index contributed by atoms with van der Waals surface area (Å²) in [5.41, 5.74) is 1.54. The Kier molecular flexibility index (Phi) is 6.07. The van der Waals surface area contributed by atoms with Crippen molar-refractivity contribution in [2.75, 3.05) is 25.0 Å². The van der Waals surface area contributed by atoms with Gasteiger partial charge in [-0.15, -0.1) is 11.3 Å². The Balaban J connectivity index is 1.77. The first-order chi connectivity index (χ1) is 13.2. The van der Waals surface area contributed by atoms with Gasteiger partial charge in [0.05, 0.1) is 33.9 Å². The van der Waals surface area contributed by atoms with Gasteiger partial charge in [-0.3, -0.25) is 9.78 Å². The van der Waals surface area contributed by atoms with Crippen molar-refractivity contribution in [3.63, 3.8) is 0 Å². The molecule has 0 saturated heterocycles. The first-order valence-electron chi connectivity index (χ1n) is 8.44. The molecule has 3 aromatic rings. The molecule has 0 spiro atoms. The Morgan fingerprint density at radius 1 is 1.30 bits per heavy atom. The van der Waals surface area contributed by atoms with Crippen LogP contribution in [0, 0.1) is 6.57 Å². The van der Waals surface area contributed by atoms with Crippen LogP contribution in [0.5, 0.6) is 0 Å². The molecule has 3 heterocycles. The number of likely N-dealkylation sites (N-methyl/N-ethyl adjacent to an activating group) is 1. The number of nitrogens with one attached hydrogen (secondary N) is 1. The van der Waals surface area contributed by atoms with Crippen molar-refractivity contribution in [1.29, 1.82) is 0 Å². The number of hydrogen-bond donors (Lipinski definition) is 1. The number of aromatic nitrogens is 3. The summed E-state index contributed by atoms with van der Waals surface area (Å²) in [6.07, 6.45) is 5.07. The van der Waals surface area contributed by atoms with E-state index in [1.54, 1.807) is 29.6 Å². The first kappa shape index (κ1) is 18.5. The normalized spacial score (nSPS) is 10.2. The molecule has 7 nitrogen and oxygen atoms in total. The van der Waals surface area contributed by atoms with E-state index in [1.807, 2.05) is 31.2 Å². The Morgan fingerprint density at radius 2 is 2.19 bits per heavy atom. The van der Waals surface area contributed by atoms with Crippen LogP contribution in [0.1, 0.15) is 16.6 Å². The molecule has 0 radical (unpaired) electrons. The van der Waals surface area contributed by atoms with Gasteiger partial charge >= 0.3 is 0 Å². The van der Waals surface area contributed by atoms with E-state index in [-0.39, 0.29) is 5.91 Å². The lowest BCUT2D eigenvalue weighted by Gasteiger charge is -2.16. The lowest BCUT2D eigenvalue weighted by atomic mass is 10.3. The molecule has 0 aromatic carbocycles. The van der Waals surface area contributed by atoms with Gasteiger partial charge in [0.1, 0.15) is 0 Å². The Morgan fingerprint density at radius 3 is 2.93 bits per heavy atom. The van der Waals surface area contributed by atoms with Crippen LogP contribution in [-0.4, -0.2) is 45.4 Å². The third kappa shape index (κ3) is 4.65. The van der Waals surface area contributed by atoms with E-state index in [0.717, 1.165) is 16.3 Å². The van der Waals surface area contributed by atoms with Crippen molar-refractivity contribution < 1.29 is 4.79 Å². The van der Waals surface area contributed by atoms with Crippen LogP contribution in [0.4, 0.5) is 11.6 Å². The zero-order valence-corrected chi connectivity index (χ0v) is 15.6. The van der Waals surface area contributed by atoms with Crippen LogP contribution in [0.25, 0.3) is 15.4 Å². The maximum absolute atomic E-state index is 12.6. The van der Waals surface area contributed by atoms with Crippen molar-refractivity contribution in [2.24, 2.45) is 0 Å². The molecular weight excluding hydrogens is 360 g/mol. The summed E-state index contributed by atoms with van der Waals surface area (Å²) in [7, 11) is 0. The van der Waals surface area contributed by atoms with Crippen LogP contribution < -0.4 is 5.32 Å². The average molecular weight is 378 g/mol. The Labute approximate surface area is 161 Å². The molecule has 1 N–H and O–H groups in total. The van der Waals surface area contributed by atoms with Crippen LogP contribution in [-0.2, 0) is 0 Å². The van der Waals surface area contributed by atoms with E-state index in [1.165, 1.54) is 11.3 Å². The largest absolute Gasteiger partial charge is 0.331 e. The Bertz CT molecular complexity index is 950. The lowest BCUT2D eigenvalue weighted by molar-refractivity contribution is 0.0776. The second kappa shape index (κ2) is 8.87. The van der Waals surface area contributed by atoms with Gasteiger partial charge in [-0.25, -0.2) is 16.5 Å². The number of hydrogen-bond acceptors (Lipinski definition) is 6. The second-order valence-electron chi connectivity index (χ2n) is 5.56. The van der Waals surface area contributed by atoms with Crippen LogP contribution >= 0.6 is 11.3 Å². The second-order valence-corrected chi connectivity index (χ2v) is 6.65. The molecule has 0 aliphatic heterocycles. The molecule has 27 heavy (non-hydrogen) atoms. The van der Waals surface area contributed by atoms with Crippen molar-refractivity contribution in [3.05, 3.63) is 65.2 Å². The van der Waals surface area contributed by atoms with Gasteiger partial charge < -0.3 is 15.1 Å². The number of nitrogens with zero attached hydrogens (tertiary/aromatic N) is 5. The van der Waals surface area contributed by atoms with Crippen LogP contribution in [0.15, 0.2) is 48.9 Å². The van der Waals surface area contributed by atoms with E-state index in [2.05, 4.69) is 25.1 Å². The maximum Gasteiger partial charge on any atom is 0.264 e.